The molecule has 2 amide bonds. The van der Waals surface area contributed by atoms with E-state index >= 15 is 0 Å². The molecular weight excluding hydrogens is 344 g/mol. The highest BCUT2D eigenvalue weighted by molar-refractivity contribution is 5.89. The van der Waals surface area contributed by atoms with Crippen LogP contribution < -0.4 is 15.4 Å². The van der Waals surface area contributed by atoms with Crippen molar-refractivity contribution >= 4 is 11.7 Å². The fraction of sp³-hybridized carbons (Fsp3) is 0.263. The van der Waals surface area contributed by atoms with Crippen LogP contribution in [0, 0.1) is 13.8 Å². The Morgan fingerprint density at radius 1 is 1.19 bits per heavy atom. The summed E-state index contributed by atoms with van der Waals surface area (Å²) in [7, 11) is 1.62. The van der Waals surface area contributed by atoms with Crippen LogP contribution in [0.4, 0.5) is 10.5 Å². The normalized spacial score (nSPS) is 11.7. The number of urea groups is 1. The van der Waals surface area contributed by atoms with Gasteiger partial charge in [0.05, 0.1) is 18.8 Å². The van der Waals surface area contributed by atoms with E-state index < -0.39 is 0 Å². The monoisotopic (exact) mass is 366 g/mol. The molecule has 0 spiro atoms. The van der Waals surface area contributed by atoms with Gasteiger partial charge in [-0.25, -0.2) is 4.79 Å². The van der Waals surface area contributed by atoms with Gasteiger partial charge in [0.1, 0.15) is 5.75 Å². The molecule has 3 rings (SSSR count). The molecule has 0 unspecified atom stereocenters. The van der Waals surface area contributed by atoms with Crippen LogP contribution in [0.5, 0.6) is 5.75 Å². The van der Waals surface area contributed by atoms with Gasteiger partial charge in [0, 0.05) is 11.3 Å². The van der Waals surface area contributed by atoms with Crippen molar-refractivity contribution in [1.29, 1.82) is 0 Å². The van der Waals surface area contributed by atoms with Crippen molar-refractivity contribution in [2.45, 2.75) is 26.8 Å². The Morgan fingerprint density at radius 3 is 2.70 bits per heavy atom. The Morgan fingerprint density at radius 2 is 2.00 bits per heavy atom. The van der Waals surface area contributed by atoms with Gasteiger partial charge in [0.25, 0.3) is 0 Å². The highest BCUT2D eigenvalue weighted by atomic mass is 16.5. The van der Waals surface area contributed by atoms with E-state index in [4.69, 9.17) is 4.74 Å². The molecule has 0 aliphatic rings. The Balaban J connectivity index is 1.71. The number of anilines is 1. The van der Waals surface area contributed by atoms with E-state index in [9.17, 15) is 4.79 Å². The van der Waals surface area contributed by atoms with Crippen molar-refractivity contribution in [2.24, 2.45) is 0 Å². The Hall–Kier alpha value is -3.42. The Labute approximate surface area is 157 Å². The number of hydrogen-bond acceptors (Lipinski definition) is 5. The number of nitrogens with zero attached hydrogens (tertiary/aromatic N) is 4. The predicted octanol–water partition coefficient (Wildman–Crippen LogP) is 3.17. The van der Waals surface area contributed by atoms with Crippen LogP contribution in [0.25, 0.3) is 5.69 Å². The number of benzene rings is 2. The zero-order valence-electron chi connectivity index (χ0n) is 15.7. The first-order valence-electron chi connectivity index (χ1n) is 8.55. The predicted molar refractivity (Wildman–Crippen MR) is 102 cm³/mol. The molecule has 0 saturated heterocycles. The number of carbonyl (C=O) groups excluding carboxylic acids is 1. The first-order chi connectivity index (χ1) is 13.0. The third kappa shape index (κ3) is 4.22. The van der Waals surface area contributed by atoms with Gasteiger partial charge in [-0.15, -0.1) is 5.10 Å². The molecule has 3 aromatic rings. The average Bonchev–Trinajstić information content (AvgIpc) is 3.07. The number of carbonyl (C=O) groups is 1. The van der Waals surface area contributed by atoms with Crippen LogP contribution in [-0.4, -0.2) is 33.3 Å². The molecule has 2 N–H and O–H groups in total. The molecule has 8 nitrogen and oxygen atoms in total. The Kier molecular flexibility index (Phi) is 5.35. The second-order valence-electron chi connectivity index (χ2n) is 6.25. The highest BCUT2D eigenvalue weighted by Crippen LogP contribution is 2.26. The molecule has 0 bridgehead atoms. The molecule has 27 heavy (non-hydrogen) atoms. The van der Waals surface area contributed by atoms with Gasteiger partial charge in [0.15, 0.2) is 5.82 Å². The fourth-order valence-corrected chi connectivity index (χ4v) is 2.82. The van der Waals surface area contributed by atoms with Gasteiger partial charge in [-0.3, -0.25) is 0 Å². The second kappa shape index (κ2) is 7.86. The zero-order chi connectivity index (χ0) is 19.4. The molecule has 1 aromatic heterocycles. The van der Waals surface area contributed by atoms with E-state index in [1.54, 1.807) is 23.9 Å². The third-order valence-electron chi connectivity index (χ3n) is 4.17. The number of nitrogens with one attached hydrogen (secondary N) is 2. The summed E-state index contributed by atoms with van der Waals surface area (Å²) in [5.74, 6) is 1.40. The maximum Gasteiger partial charge on any atom is 0.319 e. The van der Waals surface area contributed by atoms with Crippen LogP contribution in [0.1, 0.15) is 29.9 Å². The molecule has 1 atom stereocenters. The van der Waals surface area contributed by atoms with Gasteiger partial charge < -0.3 is 15.4 Å². The van der Waals surface area contributed by atoms with E-state index in [-0.39, 0.29) is 12.1 Å². The van der Waals surface area contributed by atoms with Gasteiger partial charge in [-0.2, -0.15) is 4.68 Å². The number of aromatic nitrogens is 4. The van der Waals surface area contributed by atoms with Crippen LogP contribution in [0.2, 0.25) is 0 Å². The molecule has 1 heterocycles. The minimum absolute atomic E-state index is 0.218. The van der Waals surface area contributed by atoms with Crippen molar-refractivity contribution in [3.63, 3.8) is 0 Å². The molecule has 8 heteroatoms. The fourth-order valence-electron chi connectivity index (χ4n) is 2.82. The number of methoxy groups -OCH3 is 1. The van der Waals surface area contributed by atoms with Crippen LogP contribution in [-0.2, 0) is 0 Å². The molecule has 0 radical (unpaired) electrons. The molecular formula is C19H22N6O2. The zero-order valence-corrected chi connectivity index (χ0v) is 15.7. The lowest BCUT2D eigenvalue weighted by Crippen LogP contribution is -2.31. The van der Waals surface area contributed by atoms with Gasteiger partial charge in [-0.05, 0) is 55.5 Å². The van der Waals surface area contributed by atoms with Gasteiger partial charge >= 0.3 is 6.03 Å². The summed E-state index contributed by atoms with van der Waals surface area (Å²) < 4.78 is 7.00. The minimum atomic E-state index is -0.309. The SMILES string of the molecule is COc1ccc(C)cc1[C@@H](C)NC(=O)Nc1cccc(-n2nnnc2C)c1. The van der Waals surface area contributed by atoms with E-state index in [1.807, 2.05) is 51.1 Å². The summed E-state index contributed by atoms with van der Waals surface area (Å²) in [6, 6.07) is 12.7. The summed E-state index contributed by atoms with van der Waals surface area (Å²) in [6.07, 6.45) is 0. The third-order valence-corrected chi connectivity index (χ3v) is 4.17. The van der Waals surface area contributed by atoms with Crippen molar-refractivity contribution < 1.29 is 9.53 Å². The van der Waals surface area contributed by atoms with Crippen molar-refractivity contribution in [3.8, 4) is 11.4 Å². The molecule has 0 fully saturated rings. The number of aryl methyl sites for hydroxylation is 2. The quantitative estimate of drug-likeness (QED) is 0.723. The number of rotatable bonds is 5. The number of hydrogen-bond donors (Lipinski definition) is 2. The number of amides is 2. The summed E-state index contributed by atoms with van der Waals surface area (Å²) in [6.45, 7) is 5.73. The van der Waals surface area contributed by atoms with Crippen molar-refractivity contribution in [1.82, 2.24) is 25.5 Å². The lowest BCUT2D eigenvalue weighted by atomic mass is 10.0. The van der Waals surface area contributed by atoms with E-state index in [2.05, 4.69) is 26.2 Å². The van der Waals surface area contributed by atoms with Crippen LogP contribution >= 0.6 is 0 Å². The molecule has 0 aliphatic heterocycles. The van der Waals surface area contributed by atoms with E-state index in [0.29, 0.717) is 11.5 Å². The first-order valence-corrected chi connectivity index (χ1v) is 8.55. The maximum absolute atomic E-state index is 12.4. The number of tetrazole rings is 1. The maximum atomic E-state index is 12.4. The summed E-state index contributed by atoms with van der Waals surface area (Å²) in [4.78, 5) is 12.4. The standard InChI is InChI=1S/C19H22N6O2/c1-12-8-9-18(27-4)17(10-12)13(2)20-19(26)21-15-6-5-7-16(11-15)25-14(3)22-23-24-25/h5-11,13H,1-4H3,(H2,20,21,26)/t13-/m1/s1. The lowest BCUT2D eigenvalue weighted by Gasteiger charge is -2.18. The second-order valence-corrected chi connectivity index (χ2v) is 6.25. The van der Waals surface area contributed by atoms with Crippen molar-refractivity contribution in [3.05, 3.63) is 59.4 Å². The van der Waals surface area contributed by atoms with Crippen LogP contribution in [0.15, 0.2) is 42.5 Å². The smallest absolute Gasteiger partial charge is 0.319 e. The summed E-state index contributed by atoms with van der Waals surface area (Å²) in [5, 5.41) is 17.2. The Bertz CT molecular complexity index is 953. The summed E-state index contributed by atoms with van der Waals surface area (Å²) in [5.41, 5.74) is 3.43. The lowest BCUT2D eigenvalue weighted by molar-refractivity contribution is 0.249. The summed E-state index contributed by atoms with van der Waals surface area (Å²) >= 11 is 0. The molecule has 0 saturated carbocycles. The first kappa shape index (κ1) is 18.4. The molecule has 0 aliphatic carbocycles. The molecule has 2 aromatic carbocycles. The van der Waals surface area contributed by atoms with Crippen LogP contribution in [0.3, 0.4) is 0 Å². The van der Waals surface area contributed by atoms with Gasteiger partial charge in [0.2, 0.25) is 0 Å². The van der Waals surface area contributed by atoms with Gasteiger partial charge in [-0.1, -0.05) is 23.8 Å². The van der Waals surface area contributed by atoms with E-state index in [0.717, 1.165) is 22.6 Å². The largest absolute Gasteiger partial charge is 0.496 e. The molecule has 140 valence electrons. The van der Waals surface area contributed by atoms with E-state index in [1.165, 1.54) is 0 Å². The number of ether oxygens (including phenoxy) is 1. The highest BCUT2D eigenvalue weighted by Gasteiger charge is 2.15. The average molecular weight is 366 g/mol. The van der Waals surface area contributed by atoms with Crippen molar-refractivity contribution in [2.75, 3.05) is 12.4 Å². The topological polar surface area (TPSA) is 94.0 Å². The minimum Gasteiger partial charge on any atom is -0.496 e.